The zero-order valence-electron chi connectivity index (χ0n) is 11.4. The predicted molar refractivity (Wildman–Crippen MR) is 73.3 cm³/mol. The van der Waals surface area contributed by atoms with Gasteiger partial charge in [-0.25, -0.2) is 9.50 Å². The van der Waals surface area contributed by atoms with Gasteiger partial charge in [-0.15, -0.1) is 5.10 Å². The van der Waals surface area contributed by atoms with E-state index in [9.17, 15) is 0 Å². The Balaban J connectivity index is 1.71. The minimum atomic E-state index is -0.138. The van der Waals surface area contributed by atoms with E-state index in [4.69, 9.17) is 4.52 Å². The molecule has 0 saturated heterocycles. The molecule has 3 rings (SSSR count). The van der Waals surface area contributed by atoms with Gasteiger partial charge in [0.15, 0.2) is 5.82 Å². The van der Waals surface area contributed by atoms with Crippen LogP contribution >= 0.6 is 11.8 Å². The number of aromatic nitrogens is 6. The first-order valence-corrected chi connectivity index (χ1v) is 7.14. The number of thioether (sulfide) groups is 1. The van der Waals surface area contributed by atoms with E-state index in [0.29, 0.717) is 28.4 Å². The molecule has 0 fully saturated rings. The molecule has 3 aromatic heterocycles. The number of rotatable bonds is 3. The van der Waals surface area contributed by atoms with Crippen molar-refractivity contribution < 1.29 is 4.52 Å². The first-order valence-electron chi connectivity index (χ1n) is 6.15. The van der Waals surface area contributed by atoms with E-state index in [1.807, 2.05) is 33.0 Å². The highest BCUT2D eigenvalue weighted by molar-refractivity contribution is 7.98. The molecule has 0 spiro atoms. The summed E-state index contributed by atoms with van der Waals surface area (Å²) in [5.74, 6) is 2.43. The van der Waals surface area contributed by atoms with Crippen LogP contribution in [0.2, 0.25) is 0 Å². The molecule has 0 saturated carbocycles. The maximum atomic E-state index is 5.24. The summed E-state index contributed by atoms with van der Waals surface area (Å²) < 4.78 is 6.88. The van der Waals surface area contributed by atoms with Crippen LogP contribution in [0.5, 0.6) is 0 Å². The fourth-order valence-electron chi connectivity index (χ4n) is 1.52. The van der Waals surface area contributed by atoms with Crippen LogP contribution in [0.1, 0.15) is 32.5 Å². The Labute approximate surface area is 119 Å². The van der Waals surface area contributed by atoms with Crippen LogP contribution in [-0.2, 0) is 11.2 Å². The molecule has 104 valence electrons. The third-order valence-corrected chi connectivity index (χ3v) is 3.37. The number of hydrogen-bond acceptors (Lipinski definition) is 7. The topological polar surface area (TPSA) is 82.0 Å². The van der Waals surface area contributed by atoms with Gasteiger partial charge in [-0.2, -0.15) is 9.97 Å². The van der Waals surface area contributed by atoms with Crippen molar-refractivity contribution in [3.05, 3.63) is 30.2 Å². The van der Waals surface area contributed by atoms with Gasteiger partial charge >= 0.3 is 0 Å². The van der Waals surface area contributed by atoms with E-state index < -0.39 is 0 Å². The summed E-state index contributed by atoms with van der Waals surface area (Å²) in [4.78, 5) is 12.8. The molecule has 0 N–H and O–H groups in total. The number of nitrogens with zero attached hydrogens (tertiary/aromatic N) is 6. The van der Waals surface area contributed by atoms with Crippen LogP contribution in [0.15, 0.2) is 28.1 Å². The molecule has 0 bridgehead atoms. The predicted octanol–water partition coefficient (Wildman–Crippen LogP) is 2.10. The quantitative estimate of drug-likeness (QED) is 0.683. The average molecular weight is 290 g/mol. The molecule has 0 unspecified atom stereocenters. The second-order valence-electron chi connectivity index (χ2n) is 5.31. The van der Waals surface area contributed by atoms with Crippen molar-refractivity contribution in [2.45, 2.75) is 37.1 Å². The summed E-state index contributed by atoms with van der Waals surface area (Å²) in [7, 11) is 0. The second-order valence-corrected chi connectivity index (χ2v) is 6.26. The molecule has 3 aromatic rings. The van der Waals surface area contributed by atoms with Gasteiger partial charge in [-0.3, -0.25) is 0 Å². The Morgan fingerprint density at radius 3 is 2.85 bits per heavy atom. The van der Waals surface area contributed by atoms with Gasteiger partial charge in [0.1, 0.15) is 0 Å². The summed E-state index contributed by atoms with van der Waals surface area (Å²) in [6.45, 7) is 6.10. The van der Waals surface area contributed by atoms with Crippen molar-refractivity contribution in [3.8, 4) is 0 Å². The summed E-state index contributed by atoms with van der Waals surface area (Å²) in [5, 5.41) is 8.91. The molecule has 7 nitrogen and oxygen atoms in total. The van der Waals surface area contributed by atoms with Gasteiger partial charge < -0.3 is 4.52 Å². The molecule has 3 heterocycles. The summed E-state index contributed by atoms with van der Waals surface area (Å²) >= 11 is 1.46. The second kappa shape index (κ2) is 4.86. The fourth-order valence-corrected chi connectivity index (χ4v) is 2.19. The highest BCUT2D eigenvalue weighted by atomic mass is 32.2. The lowest BCUT2D eigenvalue weighted by Crippen LogP contribution is -2.11. The minimum absolute atomic E-state index is 0.138. The van der Waals surface area contributed by atoms with Gasteiger partial charge in [-0.05, 0) is 6.07 Å². The lowest BCUT2D eigenvalue weighted by Gasteiger charge is -2.10. The van der Waals surface area contributed by atoms with Crippen LogP contribution < -0.4 is 0 Å². The average Bonchev–Trinajstić information content (AvgIpc) is 3.02. The smallest absolute Gasteiger partial charge is 0.253 e. The fraction of sp³-hybridized carbons (Fsp3) is 0.417. The van der Waals surface area contributed by atoms with E-state index in [2.05, 4.69) is 25.2 Å². The Kier molecular flexibility index (Phi) is 3.17. The van der Waals surface area contributed by atoms with E-state index in [0.717, 1.165) is 0 Å². The molecule has 0 aliphatic heterocycles. The summed E-state index contributed by atoms with van der Waals surface area (Å²) in [6, 6.07) is 1.81. The van der Waals surface area contributed by atoms with Gasteiger partial charge in [0, 0.05) is 17.8 Å². The first kappa shape index (κ1) is 13.0. The van der Waals surface area contributed by atoms with Gasteiger partial charge in [0.25, 0.3) is 5.78 Å². The Morgan fingerprint density at radius 2 is 2.15 bits per heavy atom. The zero-order valence-corrected chi connectivity index (χ0v) is 12.3. The molecule has 0 amide bonds. The molecule has 0 radical (unpaired) electrons. The maximum absolute atomic E-state index is 5.24. The minimum Gasteiger partial charge on any atom is -0.339 e. The molecule has 20 heavy (non-hydrogen) atoms. The van der Waals surface area contributed by atoms with Crippen LogP contribution in [-0.4, -0.2) is 29.7 Å². The third kappa shape index (κ3) is 2.64. The molecular formula is C12H14N6OS. The molecule has 0 aromatic carbocycles. The molecule has 0 aliphatic carbocycles. The van der Waals surface area contributed by atoms with Crippen molar-refractivity contribution in [3.63, 3.8) is 0 Å². The van der Waals surface area contributed by atoms with Crippen molar-refractivity contribution in [2.24, 2.45) is 0 Å². The summed E-state index contributed by atoms with van der Waals surface area (Å²) in [5.41, 5.74) is -0.138. The molecule has 0 aliphatic rings. The largest absolute Gasteiger partial charge is 0.339 e. The SMILES string of the molecule is CC(C)(C)c1nc(CSc2nc3ncccn3n2)no1. The standard InChI is InChI=1S/C12H14N6OS/c1-12(2,3)9-14-8(17-19-9)7-20-11-15-10-13-5-4-6-18(10)16-11/h4-6H,7H2,1-3H3. The Bertz CT molecular complexity index is 696. The molecular weight excluding hydrogens is 276 g/mol. The van der Waals surface area contributed by atoms with Gasteiger partial charge in [0.2, 0.25) is 11.0 Å². The highest BCUT2D eigenvalue weighted by Crippen LogP contribution is 2.22. The Morgan fingerprint density at radius 1 is 1.30 bits per heavy atom. The monoisotopic (exact) mass is 290 g/mol. The molecule has 0 atom stereocenters. The maximum Gasteiger partial charge on any atom is 0.253 e. The normalized spacial score (nSPS) is 12.2. The Hall–Kier alpha value is -1.96. The zero-order chi connectivity index (χ0) is 14.2. The summed E-state index contributed by atoms with van der Waals surface area (Å²) in [6.07, 6.45) is 3.50. The highest BCUT2D eigenvalue weighted by Gasteiger charge is 2.21. The molecule has 8 heteroatoms. The van der Waals surface area contributed by atoms with E-state index in [1.165, 1.54) is 11.8 Å². The van der Waals surface area contributed by atoms with Crippen LogP contribution in [0.4, 0.5) is 0 Å². The van der Waals surface area contributed by atoms with Crippen molar-refractivity contribution in [1.29, 1.82) is 0 Å². The van der Waals surface area contributed by atoms with Crippen LogP contribution in [0, 0.1) is 0 Å². The van der Waals surface area contributed by atoms with E-state index >= 15 is 0 Å². The van der Waals surface area contributed by atoms with Gasteiger partial charge in [-0.1, -0.05) is 37.7 Å². The van der Waals surface area contributed by atoms with E-state index in [-0.39, 0.29) is 5.41 Å². The lowest BCUT2D eigenvalue weighted by molar-refractivity contribution is 0.319. The lowest BCUT2D eigenvalue weighted by atomic mass is 9.97. The van der Waals surface area contributed by atoms with Crippen LogP contribution in [0.3, 0.4) is 0 Å². The van der Waals surface area contributed by atoms with Crippen molar-refractivity contribution in [2.75, 3.05) is 0 Å². The van der Waals surface area contributed by atoms with Crippen molar-refractivity contribution in [1.82, 2.24) is 29.7 Å². The van der Waals surface area contributed by atoms with Crippen LogP contribution in [0.25, 0.3) is 5.78 Å². The number of fused-ring (bicyclic) bond motifs is 1. The van der Waals surface area contributed by atoms with Crippen molar-refractivity contribution >= 4 is 17.5 Å². The van der Waals surface area contributed by atoms with E-state index in [1.54, 1.807) is 10.7 Å². The van der Waals surface area contributed by atoms with Gasteiger partial charge in [0.05, 0.1) is 5.75 Å². The first-order chi connectivity index (χ1) is 9.52. The number of hydrogen-bond donors (Lipinski definition) is 0. The third-order valence-electron chi connectivity index (χ3n) is 2.54.